The molecule has 1 aromatic carbocycles. The Kier molecular flexibility index (Phi) is 7.59. The summed E-state index contributed by atoms with van der Waals surface area (Å²) in [6.07, 6.45) is 3.42. The average molecular weight is 400 g/mol. The quantitative estimate of drug-likeness (QED) is 0.822. The van der Waals surface area contributed by atoms with Gasteiger partial charge in [-0.15, -0.1) is 12.4 Å². The molecule has 2 aliphatic heterocycles. The van der Waals surface area contributed by atoms with Gasteiger partial charge >= 0.3 is 5.97 Å². The molecule has 0 aliphatic carbocycles. The number of amides is 1. The lowest BCUT2D eigenvalue weighted by Crippen LogP contribution is -2.56. The number of piperidine rings is 2. The first-order chi connectivity index (χ1) is 12.5. The average Bonchev–Trinajstić information content (AvgIpc) is 2.61. The number of carbonyl (C=O) groups excluding carboxylic acids is 1. The molecular weight excluding hydrogens is 373 g/mol. The topological polar surface area (TPSA) is 64.1 Å². The Morgan fingerprint density at radius 3 is 2.59 bits per heavy atom. The molecule has 0 bridgehead atoms. The van der Waals surface area contributed by atoms with Crippen molar-refractivity contribution >= 4 is 30.0 Å². The second-order valence-electron chi connectivity index (χ2n) is 7.20. The van der Waals surface area contributed by atoms with E-state index >= 15 is 0 Å². The number of carbonyl (C=O) groups is 2. The van der Waals surface area contributed by atoms with Gasteiger partial charge in [-0.2, -0.15) is 0 Å². The summed E-state index contributed by atoms with van der Waals surface area (Å²) in [6.45, 7) is 2.22. The van der Waals surface area contributed by atoms with Crippen LogP contribution in [0.25, 0.3) is 0 Å². The molecule has 27 heavy (non-hydrogen) atoms. The Morgan fingerprint density at radius 1 is 1.26 bits per heavy atom. The number of halogens is 2. The van der Waals surface area contributed by atoms with Crippen LogP contribution in [0.1, 0.15) is 25.7 Å². The molecular formula is C19H27ClFN3O3. The minimum Gasteiger partial charge on any atom is -0.480 e. The fourth-order valence-electron chi connectivity index (χ4n) is 4.08. The Labute approximate surface area is 165 Å². The van der Waals surface area contributed by atoms with Crippen molar-refractivity contribution in [3.8, 4) is 0 Å². The molecule has 0 spiro atoms. The lowest BCUT2D eigenvalue weighted by molar-refractivity contribution is -0.138. The molecule has 0 saturated carbocycles. The summed E-state index contributed by atoms with van der Waals surface area (Å²) < 4.78 is 13.5. The van der Waals surface area contributed by atoms with E-state index in [1.54, 1.807) is 17.0 Å². The molecule has 0 aromatic heterocycles. The molecule has 1 amide bonds. The van der Waals surface area contributed by atoms with Gasteiger partial charge in [0.05, 0.1) is 12.6 Å². The van der Waals surface area contributed by atoms with Crippen molar-refractivity contribution < 1.29 is 19.1 Å². The predicted octanol–water partition coefficient (Wildman–Crippen LogP) is 2.22. The van der Waals surface area contributed by atoms with Crippen LogP contribution in [-0.4, -0.2) is 72.1 Å². The smallest absolute Gasteiger partial charge is 0.317 e. The largest absolute Gasteiger partial charge is 0.480 e. The van der Waals surface area contributed by atoms with Crippen LogP contribution in [0, 0.1) is 5.82 Å². The van der Waals surface area contributed by atoms with Gasteiger partial charge in [0.15, 0.2) is 0 Å². The van der Waals surface area contributed by atoms with Gasteiger partial charge in [-0.1, -0.05) is 6.07 Å². The van der Waals surface area contributed by atoms with Gasteiger partial charge in [0.25, 0.3) is 0 Å². The molecule has 1 unspecified atom stereocenters. The van der Waals surface area contributed by atoms with E-state index in [4.69, 9.17) is 5.11 Å². The molecule has 2 heterocycles. The minimum atomic E-state index is -0.817. The van der Waals surface area contributed by atoms with Crippen molar-refractivity contribution in [3.05, 3.63) is 30.1 Å². The zero-order valence-electron chi connectivity index (χ0n) is 15.5. The standard InChI is InChI=1S/C19H26FN3O3.ClH/c1-21(13-18(24)25)15-7-10-22(11-8-15)17-6-3-9-23(19(17)26)16-5-2-4-14(20)12-16;/h2,4-5,12,15,17H,3,6-11,13H2,1H3,(H,24,25);1H. The van der Waals surface area contributed by atoms with Crippen molar-refractivity contribution in [2.45, 2.75) is 37.8 Å². The third kappa shape index (κ3) is 5.18. The zero-order valence-corrected chi connectivity index (χ0v) is 16.3. The van der Waals surface area contributed by atoms with E-state index < -0.39 is 5.97 Å². The molecule has 3 rings (SSSR count). The molecule has 2 saturated heterocycles. The van der Waals surface area contributed by atoms with Gasteiger partial charge in [0, 0.05) is 31.4 Å². The molecule has 1 aromatic rings. The van der Waals surface area contributed by atoms with Crippen LogP contribution in [0.4, 0.5) is 10.1 Å². The maximum Gasteiger partial charge on any atom is 0.317 e. The number of aliphatic carboxylic acids is 1. The van der Waals surface area contributed by atoms with Crippen LogP contribution >= 0.6 is 12.4 Å². The second kappa shape index (κ2) is 9.48. The summed E-state index contributed by atoms with van der Waals surface area (Å²) in [5, 5.41) is 8.93. The number of likely N-dealkylation sites (N-methyl/N-ethyl adjacent to an activating group) is 1. The molecule has 1 N–H and O–H groups in total. The lowest BCUT2D eigenvalue weighted by Gasteiger charge is -2.43. The number of nitrogens with zero attached hydrogens (tertiary/aromatic N) is 3. The Hall–Kier alpha value is -1.70. The number of anilines is 1. The molecule has 6 nitrogen and oxygen atoms in total. The molecule has 8 heteroatoms. The lowest BCUT2D eigenvalue weighted by atomic mass is 9.97. The van der Waals surface area contributed by atoms with Crippen LogP contribution in [-0.2, 0) is 9.59 Å². The third-order valence-corrected chi connectivity index (χ3v) is 5.48. The van der Waals surface area contributed by atoms with Crippen LogP contribution in [0.5, 0.6) is 0 Å². The molecule has 0 radical (unpaired) electrons. The van der Waals surface area contributed by atoms with E-state index in [2.05, 4.69) is 4.90 Å². The summed E-state index contributed by atoms with van der Waals surface area (Å²) in [7, 11) is 1.84. The SMILES string of the molecule is CN(CC(=O)O)C1CCN(C2CCCN(c3cccc(F)c3)C2=O)CC1.Cl. The summed E-state index contributed by atoms with van der Waals surface area (Å²) >= 11 is 0. The van der Waals surface area contributed by atoms with Crippen LogP contribution in [0.2, 0.25) is 0 Å². The molecule has 2 fully saturated rings. The summed E-state index contributed by atoms with van der Waals surface area (Å²) in [4.78, 5) is 29.6. The monoisotopic (exact) mass is 399 g/mol. The number of rotatable bonds is 5. The van der Waals surface area contributed by atoms with E-state index in [1.165, 1.54) is 12.1 Å². The van der Waals surface area contributed by atoms with Crippen molar-refractivity contribution in [1.82, 2.24) is 9.80 Å². The molecule has 1 atom stereocenters. The van der Waals surface area contributed by atoms with E-state index in [0.29, 0.717) is 12.2 Å². The fourth-order valence-corrected chi connectivity index (χ4v) is 4.08. The maximum atomic E-state index is 13.5. The first kappa shape index (κ1) is 21.6. The number of hydrogen-bond acceptors (Lipinski definition) is 4. The minimum absolute atomic E-state index is 0. The second-order valence-corrected chi connectivity index (χ2v) is 7.20. The van der Waals surface area contributed by atoms with Gasteiger partial charge in [0.1, 0.15) is 5.82 Å². The van der Waals surface area contributed by atoms with E-state index in [1.807, 2.05) is 11.9 Å². The van der Waals surface area contributed by atoms with Crippen LogP contribution in [0.15, 0.2) is 24.3 Å². The highest BCUT2D eigenvalue weighted by Gasteiger charge is 2.36. The first-order valence-electron chi connectivity index (χ1n) is 9.18. The highest BCUT2D eigenvalue weighted by atomic mass is 35.5. The molecule has 150 valence electrons. The Balaban J connectivity index is 0.00000261. The first-order valence-corrected chi connectivity index (χ1v) is 9.18. The summed E-state index contributed by atoms with van der Waals surface area (Å²) in [6, 6.07) is 6.27. The van der Waals surface area contributed by atoms with E-state index in [0.717, 1.165) is 38.8 Å². The van der Waals surface area contributed by atoms with Gasteiger partial charge in [-0.3, -0.25) is 19.4 Å². The molecule has 2 aliphatic rings. The number of hydrogen-bond donors (Lipinski definition) is 1. The highest BCUT2D eigenvalue weighted by molar-refractivity contribution is 5.97. The highest BCUT2D eigenvalue weighted by Crippen LogP contribution is 2.27. The normalized spacial score (nSPS) is 22.0. The number of likely N-dealkylation sites (tertiary alicyclic amines) is 1. The van der Waals surface area contributed by atoms with Crippen molar-refractivity contribution in [2.24, 2.45) is 0 Å². The predicted molar refractivity (Wildman–Crippen MR) is 104 cm³/mol. The summed E-state index contributed by atoms with van der Waals surface area (Å²) in [5.74, 6) is -1.11. The number of benzene rings is 1. The van der Waals surface area contributed by atoms with Crippen LogP contribution < -0.4 is 4.90 Å². The van der Waals surface area contributed by atoms with Gasteiger partial charge in [-0.05, 0) is 50.9 Å². The maximum absolute atomic E-state index is 13.5. The van der Waals surface area contributed by atoms with Gasteiger partial charge in [0.2, 0.25) is 5.91 Å². The van der Waals surface area contributed by atoms with Gasteiger partial charge in [-0.25, -0.2) is 4.39 Å². The van der Waals surface area contributed by atoms with E-state index in [-0.39, 0.29) is 42.8 Å². The summed E-state index contributed by atoms with van der Waals surface area (Å²) in [5.41, 5.74) is 0.621. The van der Waals surface area contributed by atoms with E-state index in [9.17, 15) is 14.0 Å². The van der Waals surface area contributed by atoms with Crippen LogP contribution in [0.3, 0.4) is 0 Å². The number of carboxylic acids is 1. The van der Waals surface area contributed by atoms with Crippen molar-refractivity contribution in [2.75, 3.05) is 38.1 Å². The third-order valence-electron chi connectivity index (χ3n) is 5.48. The zero-order chi connectivity index (χ0) is 18.7. The van der Waals surface area contributed by atoms with Crippen molar-refractivity contribution in [3.63, 3.8) is 0 Å². The van der Waals surface area contributed by atoms with Gasteiger partial charge < -0.3 is 10.0 Å². The Bertz CT molecular complexity index is 667. The number of carboxylic acid groups (broad SMARTS) is 1. The van der Waals surface area contributed by atoms with Crippen molar-refractivity contribution in [1.29, 1.82) is 0 Å². The fraction of sp³-hybridized carbons (Fsp3) is 0.579. The Morgan fingerprint density at radius 2 is 1.96 bits per heavy atom.